The molecular weight excluding hydrogens is 372 g/mol. The Morgan fingerprint density at radius 3 is 2.48 bits per heavy atom. The molecular formula is C16H26N6O4S. The maximum Gasteiger partial charge on any atom is 0.266 e. The van der Waals surface area contributed by atoms with Crippen LogP contribution in [0.5, 0.6) is 0 Å². The fraction of sp³-hybridized carbons (Fsp3) is 0.875. The van der Waals surface area contributed by atoms with E-state index in [0.29, 0.717) is 32.3 Å². The quantitative estimate of drug-likeness (QED) is 0.651. The van der Waals surface area contributed by atoms with E-state index >= 15 is 0 Å². The summed E-state index contributed by atoms with van der Waals surface area (Å²) in [5.74, 6) is 0.323. The van der Waals surface area contributed by atoms with Crippen molar-refractivity contribution >= 4 is 21.7 Å². The molecule has 1 aromatic rings. The Bertz CT molecular complexity index is 764. The zero-order valence-corrected chi connectivity index (χ0v) is 16.2. The van der Waals surface area contributed by atoms with Crippen LogP contribution in [0, 0.1) is 0 Å². The van der Waals surface area contributed by atoms with Gasteiger partial charge in [0.15, 0.2) is 9.84 Å². The zero-order chi connectivity index (χ0) is 18.9. The number of anilines is 1. The number of rotatable bonds is 5. The van der Waals surface area contributed by atoms with Crippen LogP contribution in [-0.4, -0.2) is 89.3 Å². The van der Waals surface area contributed by atoms with Crippen molar-refractivity contribution in [2.45, 2.75) is 49.1 Å². The fourth-order valence-electron chi connectivity index (χ4n) is 3.93. The Labute approximate surface area is 158 Å². The summed E-state index contributed by atoms with van der Waals surface area (Å²) in [6, 6.07) is 0. The summed E-state index contributed by atoms with van der Waals surface area (Å²) in [5, 5.41) is 11.6. The number of morpholine rings is 1. The van der Waals surface area contributed by atoms with E-state index in [-0.39, 0.29) is 30.8 Å². The molecule has 3 aliphatic rings. The number of carbonyl (C=O) groups is 1. The lowest BCUT2D eigenvalue weighted by atomic mass is 10.0. The molecule has 1 saturated carbocycles. The molecule has 0 aromatic carbocycles. The topological polar surface area (TPSA) is 111 Å². The minimum Gasteiger partial charge on any atom is -0.378 e. The number of ether oxygens (including phenoxy) is 1. The molecule has 1 aliphatic carbocycles. The minimum absolute atomic E-state index is 0.0203. The highest BCUT2D eigenvalue weighted by Gasteiger charge is 2.43. The van der Waals surface area contributed by atoms with Crippen molar-refractivity contribution in [2.75, 3.05) is 44.3 Å². The van der Waals surface area contributed by atoms with Crippen LogP contribution in [0.2, 0.25) is 0 Å². The summed E-state index contributed by atoms with van der Waals surface area (Å²) < 4.78 is 30.7. The molecule has 1 amide bonds. The van der Waals surface area contributed by atoms with Crippen LogP contribution in [0.15, 0.2) is 0 Å². The van der Waals surface area contributed by atoms with Gasteiger partial charge in [0.25, 0.3) is 5.95 Å². The molecule has 4 rings (SSSR count). The lowest BCUT2D eigenvalue weighted by molar-refractivity contribution is -0.135. The van der Waals surface area contributed by atoms with E-state index in [4.69, 9.17) is 4.74 Å². The van der Waals surface area contributed by atoms with E-state index < -0.39 is 15.1 Å². The summed E-state index contributed by atoms with van der Waals surface area (Å²) in [6.45, 7) is 3.19. The molecule has 0 radical (unpaired) electrons. The van der Waals surface area contributed by atoms with Crippen LogP contribution in [0.4, 0.5) is 5.95 Å². The summed E-state index contributed by atoms with van der Waals surface area (Å²) in [4.78, 5) is 17.2. The van der Waals surface area contributed by atoms with Crippen molar-refractivity contribution in [2.24, 2.45) is 0 Å². The van der Waals surface area contributed by atoms with Gasteiger partial charge in [0.1, 0.15) is 6.54 Å². The molecule has 2 saturated heterocycles. The third-order valence-corrected chi connectivity index (χ3v) is 8.32. The lowest BCUT2D eigenvalue weighted by Crippen LogP contribution is -2.59. The summed E-state index contributed by atoms with van der Waals surface area (Å²) in [7, 11) is -3.14. The van der Waals surface area contributed by atoms with Gasteiger partial charge in [-0.05, 0) is 18.1 Å². The molecule has 1 aromatic heterocycles. The van der Waals surface area contributed by atoms with E-state index in [1.165, 1.54) is 4.80 Å². The Hall–Kier alpha value is -1.75. The molecule has 0 atom stereocenters. The molecule has 0 bridgehead atoms. The molecule has 2 aliphatic heterocycles. The Morgan fingerprint density at radius 1 is 1.07 bits per heavy atom. The van der Waals surface area contributed by atoms with Crippen molar-refractivity contribution in [3.63, 3.8) is 0 Å². The average molecular weight is 398 g/mol. The van der Waals surface area contributed by atoms with E-state index in [9.17, 15) is 13.2 Å². The average Bonchev–Trinajstić information content (AvgIpc) is 3.10. The summed E-state index contributed by atoms with van der Waals surface area (Å²) in [5.41, 5.74) is 0. The van der Waals surface area contributed by atoms with Gasteiger partial charge >= 0.3 is 0 Å². The van der Waals surface area contributed by atoms with Crippen LogP contribution in [0.25, 0.3) is 0 Å². The van der Waals surface area contributed by atoms with Gasteiger partial charge in [0.2, 0.25) is 5.91 Å². The maximum absolute atomic E-state index is 12.7. The van der Waals surface area contributed by atoms with Gasteiger partial charge in [0.05, 0.1) is 23.7 Å². The van der Waals surface area contributed by atoms with Crippen molar-refractivity contribution in [1.82, 2.24) is 25.1 Å². The smallest absolute Gasteiger partial charge is 0.266 e. The molecule has 0 unspecified atom stereocenters. The van der Waals surface area contributed by atoms with Crippen molar-refractivity contribution in [3.05, 3.63) is 0 Å². The predicted molar refractivity (Wildman–Crippen MR) is 97.0 cm³/mol. The first-order chi connectivity index (χ1) is 13.0. The van der Waals surface area contributed by atoms with Gasteiger partial charge in [-0.15, -0.1) is 5.10 Å². The van der Waals surface area contributed by atoms with E-state index in [1.807, 2.05) is 4.90 Å². The van der Waals surface area contributed by atoms with Crippen LogP contribution >= 0.6 is 0 Å². The Balaban J connectivity index is 1.28. The van der Waals surface area contributed by atoms with Crippen LogP contribution < -0.4 is 4.90 Å². The Morgan fingerprint density at radius 2 is 1.78 bits per heavy atom. The first-order valence-electron chi connectivity index (χ1n) is 9.65. The molecule has 150 valence electrons. The number of hydrogen-bond acceptors (Lipinski definition) is 8. The first kappa shape index (κ1) is 18.6. The van der Waals surface area contributed by atoms with Gasteiger partial charge in [0, 0.05) is 26.2 Å². The Kier molecular flexibility index (Phi) is 5.31. The number of tetrazole rings is 1. The highest BCUT2D eigenvalue weighted by molar-refractivity contribution is 7.92. The van der Waals surface area contributed by atoms with Gasteiger partial charge in [-0.3, -0.25) is 4.79 Å². The van der Waals surface area contributed by atoms with Crippen LogP contribution in [0.3, 0.4) is 0 Å². The molecule has 10 nitrogen and oxygen atoms in total. The predicted octanol–water partition coefficient (Wildman–Crippen LogP) is -0.532. The number of sulfone groups is 1. The van der Waals surface area contributed by atoms with E-state index in [2.05, 4.69) is 15.4 Å². The largest absolute Gasteiger partial charge is 0.378 e. The van der Waals surface area contributed by atoms with Crippen molar-refractivity contribution in [1.29, 1.82) is 0 Å². The van der Waals surface area contributed by atoms with E-state index in [0.717, 1.165) is 32.1 Å². The van der Waals surface area contributed by atoms with Crippen molar-refractivity contribution in [3.8, 4) is 0 Å². The SMILES string of the molecule is O=C(Cn1nnc(N2CCOCC2)n1)N1CC(S(=O)(=O)C2CCCCC2)C1. The standard InChI is InChI=1S/C16H26N6O4S/c23-15(12-22-18-16(17-19-22)20-6-8-26-9-7-20)21-10-14(11-21)27(24,25)13-4-2-1-3-5-13/h13-14H,1-12H2. The number of likely N-dealkylation sites (tertiary alicyclic amines) is 1. The van der Waals surface area contributed by atoms with Gasteiger partial charge in [-0.25, -0.2) is 8.42 Å². The normalized spacial score (nSPS) is 22.7. The van der Waals surface area contributed by atoms with Crippen LogP contribution in [0.1, 0.15) is 32.1 Å². The lowest BCUT2D eigenvalue weighted by Gasteiger charge is -2.40. The molecule has 3 fully saturated rings. The summed E-state index contributed by atoms with van der Waals surface area (Å²) in [6.07, 6.45) is 4.63. The number of nitrogens with zero attached hydrogens (tertiary/aromatic N) is 6. The van der Waals surface area contributed by atoms with Crippen LogP contribution in [-0.2, 0) is 25.9 Å². The highest BCUT2D eigenvalue weighted by atomic mass is 32.2. The van der Waals surface area contributed by atoms with Gasteiger partial charge in [-0.1, -0.05) is 24.4 Å². The van der Waals surface area contributed by atoms with Crippen molar-refractivity contribution < 1.29 is 17.9 Å². The van der Waals surface area contributed by atoms with Gasteiger partial charge < -0.3 is 14.5 Å². The number of hydrogen-bond donors (Lipinski definition) is 0. The highest BCUT2D eigenvalue weighted by Crippen LogP contribution is 2.29. The zero-order valence-electron chi connectivity index (χ0n) is 15.4. The summed E-state index contributed by atoms with van der Waals surface area (Å²) >= 11 is 0. The number of aromatic nitrogens is 4. The number of carbonyl (C=O) groups excluding carboxylic acids is 1. The molecule has 0 N–H and O–H groups in total. The number of amides is 1. The molecule has 0 spiro atoms. The second-order valence-electron chi connectivity index (χ2n) is 7.49. The maximum atomic E-state index is 12.7. The minimum atomic E-state index is -3.14. The first-order valence-corrected chi connectivity index (χ1v) is 11.3. The molecule has 11 heteroatoms. The van der Waals surface area contributed by atoms with Gasteiger partial charge in [-0.2, -0.15) is 4.80 Å². The second-order valence-corrected chi connectivity index (χ2v) is 10.0. The van der Waals surface area contributed by atoms with E-state index in [1.54, 1.807) is 4.90 Å². The fourth-order valence-corrected chi connectivity index (χ4v) is 6.24. The molecule has 3 heterocycles. The second kappa shape index (κ2) is 7.70. The monoisotopic (exact) mass is 398 g/mol. The third-order valence-electron chi connectivity index (χ3n) is 5.70. The molecule has 27 heavy (non-hydrogen) atoms. The third kappa shape index (κ3) is 3.93.